The first kappa shape index (κ1) is 43.4. The van der Waals surface area contributed by atoms with Crippen LogP contribution >= 0.6 is 0 Å². The van der Waals surface area contributed by atoms with Crippen LogP contribution in [-0.4, -0.2) is 66.5 Å². The van der Waals surface area contributed by atoms with E-state index in [4.69, 9.17) is 4.74 Å². The Hall–Kier alpha value is -9.83. The Bertz CT molecular complexity index is 3550. The number of carbonyl (C=O) groups is 5. The number of H-pyrrole nitrogens is 4. The van der Waals surface area contributed by atoms with Gasteiger partial charge in [0.15, 0.2) is 18.3 Å². The van der Waals surface area contributed by atoms with Gasteiger partial charge >= 0.3 is 17.5 Å². The summed E-state index contributed by atoms with van der Waals surface area (Å²) in [6.07, 6.45) is 2.84. The molecule has 338 valence electrons. The summed E-state index contributed by atoms with van der Waals surface area (Å²) < 4.78 is 14.7. The molecule has 4 heterocycles. The molecule has 0 bridgehead atoms. The zero-order valence-electron chi connectivity index (χ0n) is 35.2. The first-order valence-corrected chi connectivity index (χ1v) is 20.8. The van der Waals surface area contributed by atoms with E-state index in [1.165, 1.54) is 36.4 Å². The lowest BCUT2D eigenvalue weighted by Crippen LogP contribution is -2.22. The Morgan fingerprint density at radius 2 is 1.28 bits per heavy atom. The topological polar surface area (TPSA) is 340 Å². The van der Waals surface area contributed by atoms with Crippen molar-refractivity contribution in [3.63, 3.8) is 0 Å². The second-order valence-corrected chi connectivity index (χ2v) is 15.6. The first-order chi connectivity index (χ1) is 32.9. The Labute approximate surface area is 380 Å². The first-order valence-electron chi connectivity index (χ1n) is 20.8. The fourth-order valence-electron chi connectivity index (χ4n) is 7.99. The van der Waals surface area contributed by atoms with Crippen molar-refractivity contribution in [3.05, 3.63) is 128 Å². The van der Waals surface area contributed by atoms with Crippen molar-refractivity contribution in [1.29, 1.82) is 10.5 Å². The summed E-state index contributed by atoms with van der Waals surface area (Å²) in [7, 11) is 0. The number of nitrogens with zero attached hydrogens (tertiary/aromatic N) is 4. The fourth-order valence-corrected chi connectivity index (χ4v) is 7.99. The maximum Gasteiger partial charge on any atom is 0.439 e. The van der Waals surface area contributed by atoms with E-state index in [-0.39, 0.29) is 79.7 Å². The number of nitrogens with one attached hydrogen (secondary N) is 8. The Kier molecular flexibility index (Phi) is 11.7. The number of ether oxygens (including phenoxy) is 1. The molecule has 4 aromatic heterocycles. The van der Waals surface area contributed by atoms with Crippen LogP contribution in [0.2, 0.25) is 0 Å². The van der Waals surface area contributed by atoms with Crippen molar-refractivity contribution < 1.29 is 37.8 Å². The molecule has 8 N–H and O–H groups in total. The molecule has 0 spiro atoms. The zero-order chi connectivity index (χ0) is 47.5. The third kappa shape index (κ3) is 8.96. The van der Waals surface area contributed by atoms with Crippen LogP contribution in [-0.2, 0) is 25.5 Å². The maximum atomic E-state index is 14.2. The van der Waals surface area contributed by atoms with Crippen molar-refractivity contribution in [2.45, 2.75) is 32.1 Å². The highest BCUT2D eigenvalue weighted by molar-refractivity contribution is 6.13. The standard InChI is InChI=1S/C46H34N12O10/c47-19-22-11-13-30(28(15-22)40-55-45(64)67-57-40)51-43(62)34-17-25-7-3-9-32(37(25)50-34)49-35(59)21-66-36(60)18-27-26-8-4-10-33(53-42(61)24-5-1-2-6-24)38(26)54-39(27)44(63)52-31-14-12-23(20-48)16-29(31)41-56-46(65)68-58-41/h3-4,7-17,24,50,54H,1-2,5-6,18,21H2,(H,49,59)(H,51,62)(H,52,63)(H,53,61)(H,55,57,64)(H,56,58,65). The quantitative estimate of drug-likeness (QED) is 0.0668. The minimum Gasteiger partial charge on any atom is -0.455 e. The lowest BCUT2D eigenvalue weighted by molar-refractivity contribution is -0.146. The van der Waals surface area contributed by atoms with Gasteiger partial charge in [0, 0.05) is 33.4 Å². The van der Waals surface area contributed by atoms with Crippen molar-refractivity contribution >= 4 is 74.2 Å². The predicted molar refractivity (Wildman–Crippen MR) is 241 cm³/mol. The van der Waals surface area contributed by atoms with Gasteiger partial charge in [-0.15, -0.1) is 0 Å². The van der Waals surface area contributed by atoms with E-state index >= 15 is 0 Å². The van der Waals surface area contributed by atoms with Crippen LogP contribution in [0.15, 0.2) is 97.5 Å². The van der Waals surface area contributed by atoms with Crippen LogP contribution in [0.4, 0.5) is 22.7 Å². The predicted octanol–water partition coefficient (Wildman–Crippen LogP) is 5.44. The van der Waals surface area contributed by atoms with E-state index in [0.717, 1.165) is 25.7 Å². The highest BCUT2D eigenvalue weighted by Gasteiger charge is 2.27. The molecule has 4 aromatic carbocycles. The minimum atomic E-state index is -0.886. The number of hydrogen-bond acceptors (Lipinski definition) is 14. The van der Waals surface area contributed by atoms with Gasteiger partial charge in [0.2, 0.25) is 5.91 Å². The van der Waals surface area contributed by atoms with Crippen molar-refractivity contribution in [3.8, 4) is 34.9 Å². The molecule has 1 aliphatic carbocycles. The number of rotatable bonds is 13. The number of nitriles is 2. The molecule has 0 radical (unpaired) electrons. The monoisotopic (exact) mass is 914 g/mol. The van der Waals surface area contributed by atoms with E-state index in [1.54, 1.807) is 42.5 Å². The highest BCUT2D eigenvalue weighted by Crippen LogP contribution is 2.34. The molecule has 0 unspecified atom stereocenters. The Morgan fingerprint density at radius 3 is 1.88 bits per heavy atom. The van der Waals surface area contributed by atoms with Crippen LogP contribution in [0.1, 0.15) is 63.4 Å². The number of fused-ring (bicyclic) bond motifs is 2. The lowest BCUT2D eigenvalue weighted by Gasteiger charge is -2.11. The molecule has 1 fully saturated rings. The molecule has 22 heteroatoms. The molecule has 68 heavy (non-hydrogen) atoms. The molecule has 9 rings (SSSR count). The molecule has 0 aliphatic heterocycles. The third-order valence-corrected chi connectivity index (χ3v) is 11.2. The zero-order valence-corrected chi connectivity index (χ0v) is 35.2. The van der Waals surface area contributed by atoms with Crippen LogP contribution in [0.5, 0.6) is 0 Å². The SMILES string of the molecule is N#Cc1ccc(NC(=O)c2cc3cccc(NC(=O)COC(=O)Cc4c(C(=O)Nc5ccc(C#N)cc5-c5noc(=O)[nH]5)[nH]c5c(NC(=O)C6CCCC6)cccc45)c3[nH]2)c(-c2noc(=O)[nH]2)c1. The molecule has 0 saturated heterocycles. The van der Waals surface area contributed by atoms with E-state index < -0.39 is 48.2 Å². The van der Waals surface area contributed by atoms with Crippen molar-refractivity contribution in [2.75, 3.05) is 27.9 Å². The number of aromatic nitrogens is 6. The van der Waals surface area contributed by atoms with Gasteiger partial charge in [0.25, 0.3) is 17.7 Å². The minimum absolute atomic E-state index is 0.00976. The largest absolute Gasteiger partial charge is 0.455 e. The number of benzene rings is 4. The Balaban J connectivity index is 0.928. The molecule has 22 nitrogen and oxygen atoms in total. The molecule has 4 amide bonds. The van der Waals surface area contributed by atoms with Crippen LogP contribution < -0.4 is 32.8 Å². The summed E-state index contributed by atoms with van der Waals surface area (Å²) in [6, 6.07) is 24.0. The van der Waals surface area contributed by atoms with Gasteiger partial charge in [-0.1, -0.05) is 47.4 Å². The summed E-state index contributed by atoms with van der Waals surface area (Å²) in [5.74, 6) is -5.10. The van der Waals surface area contributed by atoms with Gasteiger partial charge in [-0.25, -0.2) is 9.59 Å². The normalized spacial score (nSPS) is 12.3. The molecular weight excluding hydrogens is 881 g/mol. The summed E-state index contributed by atoms with van der Waals surface area (Å²) in [5.41, 5.74) is 2.65. The van der Waals surface area contributed by atoms with Crippen LogP contribution in [0.25, 0.3) is 44.6 Å². The van der Waals surface area contributed by atoms with E-state index in [1.807, 2.05) is 12.1 Å². The second-order valence-electron chi connectivity index (χ2n) is 15.6. The van der Waals surface area contributed by atoms with E-state index in [0.29, 0.717) is 27.5 Å². The molecule has 0 atom stereocenters. The highest BCUT2D eigenvalue weighted by atomic mass is 16.5. The summed E-state index contributed by atoms with van der Waals surface area (Å²) >= 11 is 0. The van der Waals surface area contributed by atoms with Crippen molar-refractivity contribution in [1.82, 2.24) is 30.2 Å². The fraction of sp³-hybridized carbons (Fsp3) is 0.152. The van der Waals surface area contributed by atoms with E-state index in [9.17, 15) is 44.1 Å². The second kappa shape index (κ2) is 18.3. The van der Waals surface area contributed by atoms with Gasteiger partial charge < -0.3 is 36.0 Å². The van der Waals surface area contributed by atoms with Gasteiger partial charge in [0.05, 0.1) is 63.5 Å². The van der Waals surface area contributed by atoms with Gasteiger partial charge in [-0.2, -0.15) is 10.5 Å². The number of amides is 4. The number of hydrogen-bond donors (Lipinski definition) is 8. The lowest BCUT2D eigenvalue weighted by atomic mass is 10.0. The molecule has 8 aromatic rings. The third-order valence-electron chi connectivity index (χ3n) is 11.2. The maximum absolute atomic E-state index is 14.2. The number of esters is 1. The Morgan fingerprint density at radius 1 is 0.676 bits per heavy atom. The number of carbonyl (C=O) groups excluding carboxylic acids is 5. The molecular formula is C46H34N12O10. The molecule has 1 saturated carbocycles. The summed E-state index contributed by atoms with van der Waals surface area (Å²) in [5, 5.41) is 38.4. The number of anilines is 4. The summed E-state index contributed by atoms with van der Waals surface area (Å²) in [6.45, 7) is -0.744. The van der Waals surface area contributed by atoms with Gasteiger partial charge in [-0.05, 0) is 67.4 Å². The number of para-hydroxylation sites is 2. The van der Waals surface area contributed by atoms with Crippen LogP contribution in [0, 0.1) is 28.6 Å². The number of aromatic amines is 4. The average Bonchev–Trinajstić information content (AvgIpc) is 4.21. The van der Waals surface area contributed by atoms with Gasteiger partial charge in [0.1, 0.15) is 11.4 Å². The van der Waals surface area contributed by atoms with Crippen molar-refractivity contribution in [2.24, 2.45) is 5.92 Å². The average molecular weight is 915 g/mol. The molecule has 1 aliphatic rings. The van der Waals surface area contributed by atoms with Crippen LogP contribution in [0.3, 0.4) is 0 Å². The smallest absolute Gasteiger partial charge is 0.439 e. The summed E-state index contributed by atoms with van der Waals surface area (Å²) in [4.78, 5) is 102. The van der Waals surface area contributed by atoms with Gasteiger partial charge in [-0.3, -0.25) is 43.0 Å². The van der Waals surface area contributed by atoms with E-state index in [2.05, 4.69) is 60.6 Å².